The van der Waals surface area contributed by atoms with Crippen molar-refractivity contribution in [1.82, 2.24) is 4.90 Å². The van der Waals surface area contributed by atoms with E-state index in [-0.39, 0.29) is 30.5 Å². The van der Waals surface area contributed by atoms with Gasteiger partial charge >= 0.3 is 12.0 Å². The molecule has 1 saturated carbocycles. The predicted octanol–water partition coefficient (Wildman–Crippen LogP) is 2.18. The van der Waals surface area contributed by atoms with E-state index in [1.54, 1.807) is 4.90 Å². The van der Waals surface area contributed by atoms with Crippen LogP contribution in [0.25, 0.3) is 0 Å². The maximum absolute atomic E-state index is 12.2. The van der Waals surface area contributed by atoms with Crippen LogP contribution in [0.2, 0.25) is 0 Å². The Labute approximate surface area is 130 Å². The molecule has 1 aromatic carbocycles. The average Bonchev–Trinajstić information content (AvgIpc) is 3.14. The van der Waals surface area contributed by atoms with Crippen LogP contribution in [-0.4, -0.2) is 36.1 Å². The first-order valence-corrected chi connectivity index (χ1v) is 7.86. The number of hydrogen-bond donors (Lipinski definition) is 1. The molecule has 2 aliphatic rings. The zero-order valence-corrected chi connectivity index (χ0v) is 12.8. The quantitative estimate of drug-likeness (QED) is 0.866. The van der Waals surface area contributed by atoms with E-state index in [1.807, 2.05) is 12.1 Å². The van der Waals surface area contributed by atoms with E-state index < -0.39 is 6.03 Å². The van der Waals surface area contributed by atoms with Gasteiger partial charge in [0.15, 0.2) is 0 Å². The van der Waals surface area contributed by atoms with Crippen molar-refractivity contribution in [3.63, 3.8) is 0 Å². The molecule has 0 radical (unpaired) electrons. The van der Waals surface area contributed by atoms with Gasteiger partial charge in [0.25, 0.3) is 0 Å². The van der Waals surface area contributed by atoms with Crippen LogP contribution in [0.1, 0.15) is 36.3 Å². The Kier molecular flexibility index (Phi) is 4.05. The van der Waals surface area contributed by atoms with Gasteiger partial charge in [-0.3, -0.25) is 4.79 Å². The van der Waals surface area contributed by atoms with E-state index in [2.05, 4.69) is 19.1 Å². The number of urea groups is 1. The first-order valence-electron chi connectivity index (χ1n) is 7.86. The number of primary amides is 1. The number of carbonyl (C=O) groups is 2. The fourth-order valence-electron chi connectivity index (χ4n) is 3.39. The Balaban J connectivity index is 1.52. The third-order valence-corrected chi connectivity index (χ3v) is 4.76. The van der Waals surface area contributed by atoms with Crippen LogP contribution in [0, 0.1) is 12.8 Å². The van der Waals surface area contributed by atoms with E-state index in [1.165, 1.54) is 11.1 Å². The van der Waals surface area contributed by atoms with Crippen molar-refractivity contribution in [2.24, 2.45) is 11.7 Å². The van der Waals surface area contributed by atoms with E-state index in [0.717, 1.165) is 19.3 Å². The highest BCUT2D eigenvalue weighted by Crippen LogP contribution is 2.49. The van der Waals surface area contributed by atoms with Crippen molar-refractivity contribution in [2.75, 3.05) is 13.2 Å². The largest absolute Gasteiger partial charge is 0.463 e. The molecular weight excluding hydrogens is 280 g/mol. The van der Waals surface area contributed by atoms with E-state index >= 15 is 0 Å². The summed E-state index contributed by atoms with van der Waals surface area (Å²) in [5.74, 6) is 0.0960. The number of hydrogen-bond acceptors (Lipinski definition) is 3. The number of aryl methyl sites for hydroxylation is 1. The van der Waals surface area contributed by atoms with E-state index in [4.69, 9.17) is 10.5 Å². The number of nitrogens with zero attached hydrogens (tertiary/aromatic N) is 1. The van der Waals surface area contributed by atoms with Crippen LogP contribution in [0.5, 0.6) is 0 Å². The van der Waals surface area contributed by atoms with Crippen LogP contribution >= 0.6 is 0 Å². The van der Waals surface area contributed by atoms with Crippen LogP contribution < -0.4 is 5.73 Å². The number of amides is 2. The molecular formula is C17H22N2O3. The molecule has 1 saturated heterocycles. The lowest BCUT2D eigenvalue weighted by Crippen LogP contribution is -2.42. The van der Waals surface area contributed by atoms with Gasteiger partial charge in [-0.2, -0.15) is 0 Å². The van der Waals surface area contributed by atoms with Crippen molar-refractivity contribution in [3.8, 4) is 0 Å². The number of likely N-dealkylation sites (tertiary alicyclic amines) is 1. The topological polar surface area (TPSA) is 72.6 Å². The monoisotopic (exact) mass is 302 g/mol. The van der Waals surface area contributed by atoms with Gasteiger partial charge in [-0.05, 0) is 43.2 Å². The first-order chi connectivity index (χ1) is 10.6. The van der Waals surface area contributed by atoms with Crippen molar-refractivity contribution >= 4 is 12.0 Å². The second-order valence-electron chi connectivity index (χ2n) is 6.26. The second kappa shape index (κ2) is 5.99. The summed E-state index contributed by atoms with van der Waals surface area (Å²) in [6, 6.07) is 7.68. The molecule has 118 valence electrons. The minimum absolute atomic E-state index is 0.0375. The van der Waals surface area contributed by atoms with Crippen LogP contribution in [0.15, 0.2) is 24.3 Å². The number of nitrogens with two attached hydrogens (primary N) is 1. The summed E-state index contributed by atoms with van der Waals surface area (Å²) in [6.45, 7) is 2.99. The Hall–Kier alpha value is -2.04. The van der Waals surface area contributed by atoms with E-state index in [0.29, 0.717) is 6.54 Å². The SMILES string of the molecule is Cc1ccccc1[C@@H]1C[C@H]1C(=O)OC[C@@H]1CCCN1C(N)=O. The molecule has 22 heavy (non-hydrogen) atoms. The number of rotatable bonds is 4. The molecule has 3 atom stereocenters. The lowest BCUT2D eigenvalue weighted by molar-refractivity contribution is -0.146. The molecule has 0 unspecified atom stereocenters. The van der Waals surface area contributed by atoms with Gasteiger partial charge in [-0.1, -0.05) is 24.3 Å². The summed E-state index contributed by atoms with van der Waals surface area (Å²) in [5, 5.41) is 0. The van der Waals surface area contributed by atoms with Crippen LogP contribution in [-0.2, 0) is 9.53 Å². The van der Waals surface area contributed by atoms with Gasteiger partial charge in [0.2, 0.25) is 0 Å². The molecule has 1 heterocycles. The van der Waals surface area contributed by atoms with Crippen molar-refractivity contribution in [1.29, 1.82) is 0 Å². The fourth-order valence-corrected chi connectivity index (χ4v) is 3.39. The minimum Gasteiger partial charge on any atom is -0.463 e. The number of ether oxygens (including phenoxy) is 1. The molecule has 1 aliphatic heterocycles. The Morgan fingerprint density at radius 2 is 2.14 bits per heavy atom. The summed E-state index contributed by atoms with van der Waals surface area (Å²) in [4.78, 5) is 25.1. The second-order valence-corrected chi connectivity index (χ2v) is 6.26. The molecule has 1 aliphatic carbocycles. The maximum atomic E-state index is 12.2. The van der Waals surface area contributed by atoms with Gasteiger partial charge in [0.1, 0.15) is 6.61 Å². The summed E-state index contributed by atoms with van der Waals surface area (Å²) in [7, 11) is 0. The maximum Gasteiger partial charge on any atom is 0.315 e. The summed E-state index contributed by atoms with van der Waals surface area (Å²) >= 11 is 0. The molecule has 5 nitrogen and oxygen atoms in total. The highest BCUT2D eigenvalue weighted by molar-refractivity contribution is 5.77. The molecule has 5 heteroatoms. The van der Waals surface area contributed by atoms with Gasteiger partial charge in [0.05, 0.1) is 12.0 Å². The normalized spacial score (nSPS) is 26.8. The summed E-state index contributed by atoms with van der Waals surface area (Å²) in [6.07, 6.45) is 2.62. The lowest BCUT2D eigenvalue weighted by atomic mass is 10.0. The molecule has 2 fully saturated rings. The highest BCUT2D eigenvalue weighted by Gasteiger charge is 2.46. The Morgan fingerprint density at radius 1 is 1.36 bits per heavy atom. The number of esters is 1. The molecule has 0 spiro atoms. The zero-order chi connectivity index (χ0) is 15.7. The van der Waals surface area contributed by atoms with Gasteiger partial charge < -0.3 is 15.4 Å². The smallest absolute Gasteiger partial charge is 0.315 e. The molecule has 0 bridgehead atoms. The van der Waals surface area contributed by atoms with Crippen LogP contribution in [0.4, 0.5) is 4.79 Å². The zero-order valence-electron chi connectivity index (χ0n) is 12.8. The van der Waals surface area contributed by atoms with Crippen LogP contribution in [0.3, 0.4) is 0 Å². The fraction of sp³-hybridized carbons (Fsp3) is 0.529. The summed E-state index contributed by atoms with van der Waals surface area (Å²) < 4.78 is 5.43. The lowest BCUT2D eigenvalue weighted by Gasteiger charge is -2.22. The van der Waals surface area contributed by atoms with Crippen molar-refractivity contribution < 1.29 is 14.3 Å². The minimum atomic E-state index is -0.428. The standard InChI is InChI=1S/C17H22N2O3/c1-11-5-2-3-7-13(11)14-9-15(14)16(20)22-10-12-6-4-8-19(12)17(18)21/h2-3,5,7,12,14-15H,4,6,8-10H2,1H3,(H2,18,21)/t12-,14-,15+/m0/s1. The number of carbonyl (C=O) groups excluding carboxylic acids is 2. The molecule has 3 rings (SSSR count). The summed E-state index contributed by atoms with van der Waals surface area (Å²) in [5.41, 5.74) is 7.79. The number of benzene rings is 1. The molecule has 0 aromatic heterocycles. The molecule has 1 aromatic rings. The van der Waals surface area contributed by atoms with Gasteiger partial charge in [0, 0.05) is 6.54 Å². The Morgan fingerprint density at radius 3 is 2.86 bits per heavy atom. The third-order valence-electron chi connectivity index (χ3n) is 4.76. The molecule has 2 amide bonds. The first kappa shape index (κ1) is 14.9. The molecule has 2 N–H and O–H groups in total. The van der Waals surface area contributed by atoms with Crippen molar-refractivity contribution in [3.05, 3.63) is 35.4 Å². The van der Waals surface area contributed by atoms with Crippen molar-refractivity contribution in [2.45, 2.75) is 38.1 Å². The average molecular weight is 302 g/mol. The predicted molar refractivity (Wildman–Crippen MR) is 82.3 cm³/mol. The van der Waals surface area contributed by atoms with E-state index in [9.17, 15) is 9.59 Å². The Bertz CT molecular complexity index is 587. The highest BCUT2D eigenvalue weighted by atomic mass is 16.5. The third kappa shape index (κ3) is 2.93. The van der Waals surface area contributed by atoms with Gasteiger partial charge in [-0.25, -0.2) is 4.79 Å². The van der Waals surface area contributed by atoms with Gasteiger partial charge in [-0.15, -0.1) is 0 Å².